The Kier molecular flexibility index (Phi) is 4.88. The number of phenols is 1. The Labute approximate surface area is 169 Å². The number of phenolic OH excluding ortho intramolecular Hbond substituents is 1. The number of hydrogen-bond acceptors (Lipinski definition) is 4. The van der Waals surface area contributed by atoms with E-state index in [1.807, 2.05) is 0 Å². The summed E-state index contributed by atoms with van der Waals surface area (Å²) in [5, 5.41) is 10.5. The highest BCUT2D eigenvalue weighted by molar-refractivity contribution is 9.09. The molecule has 0 radical (unpaired) electrons. The molecule has 3 atom stereocenters. The first-order valence-corrected chi connectivity index (χ1v) is 9.63. The Bertz CT molecular complexity index is 842. The summed E-state index contributed by atoms with van der Waals surface area (Å²) in [6, 6.07) is 4.61. The fourth-order valence-corrected chi connectivity index (χ4v) is 4.94. The van der Waals surface area contributed by atoms with Crippen molar-refractivity contribution in [1.82, 2.24) is 4.90 Å². The number of ether oxygens (including phenoxy) is 1. The highest BCUT2D eigenvalue weighted by Gasteiger charge is 2.72. The van der Waals surface area contributed by atoms with Crippen molar-refractivity contribution in [3.8, 4) is 11.5 Å². The van der Waals surface area contributed by atoms with Crippen LogP contribution >= 0.6 is 39.1 Å². The number of carbonyl (C=O) groups is 2. The quantitative estimate of drug-likeness (QED) is 0.422. The van der Waals surface area contributed by atoms with Crippen LogP contribution in [0, 0.1) is 0 Å². The predicted octanol–water partition coefficient (Wildman–Crippen LogP) is 3.68. The largest absolute Gasteiger partial charge is 0.508 e. The molecule has 0 aromatic heterocycles. The van der Waals surface area contributed by atoms with Gasteiger partial charge in [0.1, 0.15) is 11.5 Å². The molecule has 8 heteroatoms. The van der Waals surface area contributed by atoms with E-state index in [9.17, 15) is 14.7 Å². The lowest BCUT2D eigenvalue weighted by Gasteiger charge is -2.42. The van der Waals surface area contributed by atoms with Crippen molar-refractivity contribution >= 4 is 50.9 Å². The zero-order chi connectivity index (χ0) is 19.3. The van der Waals surface area contributed by atoms with Crippen LogP contribution in [-0.4, -0.2) is 44.1 Å². The molecule has 3 rings (SSSR count). The van der Waals surface area contributed by atoms with Gasteiger partial charge in [0.2, 0.25) is 0 Å². The number of amides is 2. The molecule has 1 aliphatic heterocycles. The average Bonchev–Trinajstić information content (AvgIpc) is 2.79. The number of benzene rings is 1. The number of fused-ring (bicyclic) bond motifs is 1. The molecule has 1 N–H and O–H groups in total. The van der Waals surface area contributed by atoms with Crippen LogP contribution in [0.3, 0.4) is 0 Å². The summed E-state index contributed by atoms with van der Waals surface area (Å²) in [4.78, 5) is 23.4. The van der Waals surface area contributed by atoms with Gasteiger partial charge in [-0.2, -0.15) is 0 Å². The number of halogens is 3. The SMILES string of the molecule is C=CC1=CCC2(Cl)C(=O)N(CBr)C(=O)C2(Cl)C1c1cc(OC)ccc1O. The van der Waals surface area contributed by atoms with Crippen molar-refractivity contribution in [3.05, 3.63) is 48.1 Å². The van der Waals surface area contributed by atoms with E-state index in [0.717, 1.165) is 4.90 Å². The highest BCUT2D eigenvalue weighted by Crippen LogP contribution is 2.60. The summed E-state index contributed by atoms with van der Waals surface area (Å²) in [7, 11) is 1.49. The predicted molar refractivity (Wildman–Crippen MR) is 103 cm³/mol. The van der Waals surface area contributed by atoms with Gasteiger partial charge in [0.25, 0.3) is 11.8 Å². The molecule has 2 aliphatic rings. The van der Waals surface area contributed by atoms with Crippen LogP contribution in [0.5, 0.6) is 11.5 Å². The van der Waals surface area contributed by atoms with Gasteiger partial charge >= 0.3 is 0 Å². The molecular weight excluding hydrogens is 445 g/mol. The van der Waals surface area contributed by atoms with Gasteiger partial charge in [-0.05, 0) is 30.2 Å². The van der Waals surface area contributed by atoms with Gasteiger partial charge in [-0.25, -0.2) is 0 Å². The smallest absolute Gasteiger partial charge is 0.254 e. The number of imide groups is 1. The molecule has 1 heterocycles. The molecule has 1 aliphatic carbocycles. The van der Waals surface area contributed by atoms with E-state index >= 15 is 0 Å². The van der Waals surface area contributed by atoms with E-state index in [1.54, 1.807) is 24.3 Å². The molecule has 0 spiro atoms. The highest BCUT2D eigenvalue weighted by atomic mass is 79.9. The van der Waals surface area contributed by atoms with Crippen molar-refractivity contribution in [1.29, 1.82) is 0 Å². The van der Waals surface area contributed by atoms with E-state index in [0.29, 0.717) is 16.9 Å². The second-order valence-corrected chi connectivity index (χ2v) is 7.88. The van der Waals surface area contributed by atoms with Crippen LogP contribution in [0.2, 0.25) is 0 Å². The topological polar surface area (TPSA) is 66.8 Å². The monoisotopic (exact) mass is 459 g/mol. The summed E-state index contributed by atoms with van der Waals surface area (Å²) >= 11 is 16.7. The number of aromatic hydroxyl groups is 1. The molecule has 2 amide bonds. The van der Waals surface area contributed by atoms with Gasteiger partial charge in [0.05, 0.1) is 12.6 Å². The van der Waals surface area contributed by atoms with Crippen LogP contribution in [0.25, 0.3) is 0 Å². The van der Waals surface area contributed by atoms with Crippen molar-refractivity contribution in [2.75, 3.05) is 12.6 Å². The third kappa shape index (κ3) is 2.35. The number of alkyl halides is 3. The summed E-state index contributed by atoms with van der Waals surface area (Å²) in [6.07, 6.45) is 3.36. The Morgan fingerprint density at radius 2 is 2.12 bits per heavy atom. The van der Waals surface area contributed by atoms with Gasteiger partial charge in [0, 0.05) is 11.5 Å². The van der Waals surface area contributed by atoms with Crippen LogP contribution in [0.4, 0.5) is 0 Å². The fourth-order valence-electron chi connectivity index (χ4n) is 3.62. The van der Waals surface area contributed by atoms with Gasteiger partial charge < -0.3 is 9.84 Å². The van der Waals surface area contributed by atoms with E-state index in [-0.39, 0.29) is 17.6 Å². The number of likely N-dealkylation sites (tertiary alicyclic amines) is 1. The fraction of sp³-hybridized carbons (Fsp3) is 0.333. The number of carbonyl (C=O) groups excluding carboxylic acids is 2. The third-order valence-electron chi connectivity index (χ3n) is 4.97. The minimum Gasteiger partial charge on any atom is -0.508 e. The molecule has 5 nitrogen and oxygen atoms in total. The second-order valence-electron chi connectivity index (χ2n) is 6.14. The normalized spacial score (nSPS) is 30.8. The van der Waals surface area contributed by atoms with E-state index in [1.165, 1.54) is 13.2 Å². The van der Waals surface area contributed by atoms with Crippen molar-refractivity contribution < 1.29 is 19.4 Å². The van der Waals surface area contributed by atoms with E-state index in [4.69, 9.17) is 27.9 Å². The molecule has 1 aromatic rings. The van der Waals surface area contributed by atoms with Gasteiger partial charge in [-0.1, -0.05) is 34.7 Å². The lowest BCUT2D eigenvalue weighted by molar-refractivity contribution is -0.138. The maximum atomic E-state index is 13.1. The number of allylic oxidation sites excluding steroid dienone is 3. The Balaban J connectivity index is 2.30. The number of rotatable bonds is 4. The van der Waals surface area contributed by atoms with Gasteiger partial charge in [-0.15, -0.1) is 23.2 Å². The Morgan fingerprint density at radius 1 is 1.42 bits per heavy atom. The third-order valence-corrected chi connectivity index (χ3v) is 6.88. The summed E-state index contributed by atoms with van der Waals surface area (Å²) in [5.41, 5.74) is 0.929. The maximum Gasteiger partial charge on any atom is 0.254 e. The van der Waals surface area contributed by atoms with E-state index < -0.39 is 27.5 Å². The van der Waals surface area contributed by atoms with Crippen molar-refractivity contribution in [2.24, 2.45) is 0 Å². The van der Waals surface area contributed by atoms with Gasteiger partial charge in [0.15, 0.2) is 9.75 Å². The number of nitrogens with zero attached hydrogens (tertiary/aromatic N) is 1. The zero-order valence-electron chi connectivity index (χ0n) is 13.8. The molecule has 0 bridgehead atoms. The first kappa shape index (κ1) is 19.3. The zero-order valence-corrected chi connectivity index (χ0v) is 16.9. The van der Waals surface area contributed by atoms with Crippen LogP contribution in [0.15, 0.2) is 42.5 Å². The molecule has 26 heavy (non-hydrogen) atoms. The Hall–Kier alpha value is -1.50. The van der Waals surface area contributed by atoms with Crippen LogP contribution in [0.1, 0.15) is 17.9 Å². The molecule has 1 fully saturated rings. The second kappa shape index (κ2) is 6.59. The molecule has 0 saturated carbocycles. The molecule has 138 valence electrons. The summed E-state index contributed by atoms with van der Waals surface area (Å²) in [6.45, 7) is 3.78. The first-order valence-electron chi connectivity index (χ1n) is 7.75. The average molecular weight is 461 g/mol. The maximum absolute atomic E-state index is 13.1. The number of methoxy groups -OCH3 is 1. The lowest BCUT2D eigenvalue weighted by atomic mass is 9.68. The molecular formula is C18H16BrCl2NO4. The molecule has 1 saturated heterocycles. The molecule has 3 unspecified atom stereocenters. The molecule has 1 aromatic carbocycles. The lowest BCUT2D eigenvalue weighted by Crippen LogP contribution is -2.54. The first-order chi connectivity index (χ1) is 12.3. The van der Waals surface area contributed by atoms with Crippen LogP contribution < -0.4 is 4.74 Å². The Morgan fingerprint density at radius 3 is 2.69 bits per heavy atom. The van der Waals surface area contributed by atoms with Crippen molar-refractivity contribution in [2.45, 2.75) is 22.1 Å². The standard InChI is InChI=1S/C18H16BrCl2NO4/c1-3-10-6-7-17(20)15(24)22(9-19)16(25)18(17,21)14(10)12-8-11(26-2)4-5-13(12)23/h3-6,8,14,23H,1,7,9H2,2H3. The van der Waals surface area contributed by atoms with Crippen molar-refractivity contribution in [3.63, 3.8) is 0 Å². The van der Waals surface area contributed by atoms with Gasteiger partial charge in [-0.3, -0.25) is 14.5 Å². The van der Waals surface area contributed by atoms with Crippen LogP contribution in [-0.2, 0) is 9.59 Å². The minimum absolute atomic E-state index is 0.0200. The van der Waals surface area contributed by atoms with E-state index in [2.05, 4.69) is 22.5 Å². The minimum atomic E-state index is -1.80. The number of hydrogen-bond donors (Lipinski definition) is 1. The summed E-state index contributed by atoms with van der Waals surface area (Å²) in [5.74, 6) is -1.66. The summed E-state index contributed by atoms with van der Waals surface area (Å²) < 4.78 is 5.23.